The van der Waals surface area contributed by atoms with Crippen LogP contribution in [0.15, 0.2) is 30.3 Å². The summed E-state index contributed by atoms with van der Waals surface area (Å²) in [6.07, 6.45) is 0.712. The van der Waals surface area contributed by atoms with Crippen molar-refractivity contribution in [3.05, 3.63) is 30.3 Å². The van der Waals surface area contributed by atoms with Crippen LogP contribution in [0.25, 0.3) is 0 Å². The number of carbonyl (C=O) groups excluding carboxylic acids is 2. The van der Waals surface area contributed by atoms with Gasteiger partial charge in [-0.1, -0.05) is 18.2 Å². The van der Waals surface area contributed by atoms with Crippen LogP contribution in [0.5, 0.6) is 0 Å². The minimum Gasteiger partial charge on any atom is -0.466 e. The SMILES string of the molecule is O=COCCN(C=O)c1ccccc1. The lowest BCUT2D eigenvalue weighted by molar-refractivity contribution is -0.128. The van der Waals surface area contributed by atoms with Gasteiger partial charge in [-0.2, -0.15) is 0 Å². The summed E-state index contributed by atoms with van der Waals surface area (Å²) in [5.41, 5.74) is 0.789. The molecule has 1 aromatic carbocycles. The van der Waals surface area contributed by atoms with E-state index in [9.17, 15) is 9.59 Å². The van der Waals surface area contributed by atoms with Gasteiger partial charge in [0.2, 0.25) is 6.41 Å². The van der Waals surface area contributed by atoms with Crippen LogP contribution >= 0.6 is 0 Å². The molecule has 0 atom stereocenters. The van der Waals surface area contributed by atoms with Gasteiger partial charge in [0.25, 0.3) is 6.47 Å². The van der Waals surface area contributed by atoms with Gasteiger partial charge in [-0.05, 0) is 12.1 Å². The molecule has 4 nitrogen and oxygen atoms in total. The Balaban J connectivity index is 2.54. The van der Waals surface area contributed by atoms with E-state index in [1.54, 1.807) is 0 Å². The molecule has 1 rings (SSSR count). The maximum atomic E-state index is 10.7. The van der Waals surface area contributed by atoms with Crippen molar-refractivity contribution >= 4 is 18.6 Å². The molecular formula is C10H11NO3. The highest BCUT2D eigenvalue weighted by Gasteiger charge is 2.02. The van der Waals surface area contributed by atoms with Gasteiger partial charge in [0, 0.05) is 5.69 Å². The molecule has 0 spiro atoms. The minimum atomic E-state index is 0.205. The Morgan fingerprint density at radius 2 is 1.93 bits per heavy atom. The summed E-state index contributed by atoms with van der Waals surface area (Å²) in [7, 11) is 0. The van der Waals surface area contributed by atoms with Crippen LogP contribution in [0, 0.1) is 0 Å². The van der Waals surface area contributed by atoms with Gasteiger partial charge in [-0.15, -0.1) is 0 Å². The highest BCUT2D eigenvalue weighted by molar-refractivity contribution is 5.74. The summed E-state index contributed by atoms with van der Waals surface area (Å²) < 4.78 is 4.51. The van der Waals surface area contributed by atoms with Crippen molar-refractivity contribution in [3.8, 4) is 0 Å². The van der Waals surface area contributed by atoms with Crippen LogP contribution < -0.4 is 4.90 Å². The topological polar surface area (TPSA) is 46.6 Å². The summed E-state index contributed by atoms with van der Waals surface area (Å²) in [6.45, 7) is 0.942. The molecule has 0 bridgehead atoms. The summed E-state index contributed by atoms with van der Waals surface area (Å²) in [5.74, 6) is 0. The van der Waals surface area contributed by atoms with E-state index in [-0.39, 0.29) is 6.61 Å². The number of carbonyl (C=O) groups is 2. The highest BCUT2D eigenvalue weighted by Crippen LogP contribution is 2.10. The van der Waals surface area contributed by atoms with Crippen LogP contribution in [0.2, 0.25) is 0 Å². The molecule has 0 N–H and O–H groups in total. The molecule has 4 heteroatoms. The van der Waals surface area contributed by atoms with Gasteiger partial charge >= 0.3 is 0 Å². The number of amides is 1. The number of hydrogen-bond donors (Lipinski definition) is 0. The Bertz CT molecular complexity index is 287. The second kappa shape index (κ2) is 5.75. The van der Waals surface area contributed by atoms with Crippen LogP contribution in [0.4, 0.5) is 5.69 Å². The lowest BCUT2D eigenvalue weighted by Gasteiger charge is -2.16. The van der Waals surface area contributed by atoms with Crippen molar-refractivity contribution in [2.75, 3.05) is 18.1 Å². The van der Waals surface area contributed by atoms with Gasteiger partial charge in [0.15, 0.2) is 0 Å². The Kier molecular flexibility index (Phi) is 4.20. The third-order valence-corrected chi connectivity index (χ3v) is 1.73. The summed E-state index contributed by atoms with van der Waals surface area (Å²) in [4.78, 5) is 22.0. The lowest BCUT2D eigenvalue weighted by atomic mass is 10.3. The molecule has 0 saturated heterocycles. The van der Waals surface area contributed by atoms with Crippen LogP contribution in [-0.4, -0.2) is 26.0 Å². The maximum Gasteiger partial charge on any atom is 0.293 e. The van der Waals surface area contributed by atoms with E-state index < -0.39 is 0 Å². The summed E-state index contributed by atoms with van der Waals surface area (Å²) in [5, 5.41) is 0. The standard InChI is InChI=1S/C10H11NO3/c12-8-11(6-7-14-9-13)10-4-2-1-3-5-10/h1-5,8-9H,6-7H2. The van der Waals surface area contributed by atoms with E-state index in [1.807, 2.05) is 30.3 Å². The largest absolute Gasteiger partial charge is 0.466 e. The van der Waals surface area contributed by atoms with Crippen molar-refractivity contribution in [2.45, 2.75) is 0 Å². The molecule has 0 unspecified atom stereocenters. The van der Waals surface area contributed by atoms with Crippen molar-refractivity contribution in [1.29, 1.82) is 0 Å². The fraction of sp³-hybridized carbons (Fsp3) is 0.200. The number of benzene rings is 1. The second-order valence-corrected chi connectivity index (χ2v) is 2.60. The van der Waals surface area contributed by atoms with E-state index in [0.717, 1.165) is 5.69 Å². The van der Waals surface area contributed by atoms with E-state index in [1.165, 1.54) is 4.90 Å². The molecule has 0 radical (unpaired) electrons. The van der Waals surface area contributed by atoms with Crippen LogP contribution in [0.1, 0.15) is 0 Å². The predicted molar refractivity (Wildman–Crippen MR) is 51.9 cm³/mol. The van der Waals surface area contributed by atoms with Gasteiger partial charge in [-0.3, -0.25) is 9.59 Å². The number of anilines is 1. The molecule has 1 amide bonds. The molecule has 0 aliphatic rings. The first-order valence-corrected chi connectivity index (χ1v) is 4.20. The van der Waals surface area contributed by atoms with Crippen LogP contribution in [-0.2, 0) is 14.3 Å². The average molecular weight is 193 g/mol. The van der Waals surface area contributed by atoms with Gasteiger partial charge in [-0.25, -0.2) is 0 Å². The zero-order chi connectivity index (χ0) is 10.2. The molecule has 1 aromatic rings. The van der Waals surface area contributed by atoms with E-state index in [2.05, 4.69) is 4.74 Å². The third kappa shape index (κ3) is 2.90. The molecular weight excluding hydrogens is 182 g/mol. The van der Waals surface area contributed by atoms with E-state index in [0.29, 0.717) is 19.4 Å². The number of rotatable bonds is 6. The first kappa shape index (κ1) is 10.2. The normalized spacial score (nSPS) is 9.14. The molecule has 0 heterocycles. The molecule has 0 aromatic heterocycles. The Morgan fingerprint density at radius 1 is 1.21 bits per heavy atom. The first-order valence-electron chi connectivity index (χ1n) is 4.20. The highest BCUT2D eigenvalue weighted by atomic mass is 16.5. The average Bonchev–Trinajstić information content (AvgIpc) is 2.26. The van der Waals surface area contributed by atoms with Crippen molar-refractivity contribution in [3.63, 3.8) is 0 Å². The first-order chi connectivity index (χ1) is 6.88. The fourth-order valence-corrected chi connectivity index (χ4v) is 1.06. The smallest absolute Gasteiger partial charge is 0.293 e. The summed E-state index contributed by atoms with van der Waals surface area (Å²) >= 11 is 0. The molecule has 0 saturated carbocycles. The number of para-hydroxylation sites is 1. The van der Waals surface area contributed by atoms with E-state index >= 15 is 0 Å². The van der Waals surface area contributed by atoms with Crippen molar-refractivity contribution in [1.82, 2.24) is 0 Å². The minimum absolute atomic E-state index is 0.205. The zero-order valence-corrected chi connectivity index (χ0v) is 7.63. The molecule has 0 aliphatic heterocycles. The summed E-state index contributed by atoms with van der Waals surface area (Å²) in [6, 6.07) is 9.18. The van der Waals surface area contributed by atoms with Gasteiger partial charge in [0.1, 0.15) is 6.61 Å². The zero-order valence-electron chi connectivity index (χ0n) is 7.63. The van der Waals surface area contributed by atoms with Crippen molar-refractivity contribution in [2.24, 2.45) is 0 Å². The Labute approximate surface area is 82.1 Å². The van der Waals surface area contributed by atoms with Crippen LogP contribution in [0.3, 0.4) is 0 Å². The Morgan fingerprint density at radius 3 is 2.50 bits per heavy atom. The number of hydrogen-bond acceptors (Lipinski definition) is 3. The number of ether oxygens (including phenoxy) is 1. The molecule has 0 aliphatic carbocycles. The predicted octanol–water partition coefficient (Wildman–Crippen LogP) is 0.822. The van der Waals surface area contributed by atoms with Gasteiger partial charge < -0.3 is 9.64 Å². The monoisotopic (exact) mass is 193 g/mol. The van der Waals surface area contributed by atoms with Gasteiger partial charge in [0.05, 0.1) is 6.54 Å². The molecule has 0 fully saturated rings. The Hall–Kier alpha value is -1.84. The lowest BCUT2D eigenvalue weighted by Crippen LogP contribution is -2.25. The maximum absolute atomic E-state index is 10.7. The second-order valence-electron chi connectivity index (χ2n) is 2.60. The van der Waals surface area contributed by atoms with E-state index in [4.69, 9.17) is 0 Å². The number of nitrogens with zero attached hydrogens (tertiary/aromatic N) is 1. The van der Waals surface area contributed by atoms with Crippen molar-refractivity contribution < 1.29 is 14.3 Å². The quantitative estimate of drug-likeness (QED) is 0.496. The fourth-order valence-electron chi connectivity index (χ4n) is 1.06. The molecule has 74 valence electrons. The molecule has 14 heavy (non-hydrogen) atoms. The third-order valence-electron chi connectivity index (χ3n) is 1.73.